The van der Waals surface area contributed by atoms with Crippen LogP contribution in [0.2, 0.25) is 0 Å². The van der Waals surface area contributed by atoms with Crippen LogP contribution in [-0.4, -0.2) is 70.5 Å². The first-order valence-electron chi connectivity index (χ1n) is 7.67. The monoisotopic (exact) mass is 359 g/mol. The van der Waals surface area contributed by atoms with Crippen LogP contribution in [0, 0.1) is 0 Å². The van der Waals surface area contributed by atoms with Crippen LogP contribution >= 0.6 is 0 Å². The summed E-state index contributed by atoms with van der Waals surface area (Å²) in [6.45, 7) is 0.327. The number of aromatic nitrogens is 4. The number of hydrogen-bond donors (Lipinski definition) is 2. The molecule has 0 aliphatic carbocycles. The van der Waals surface area contributed by atoms with Crippen LogP contribution in [0.3, 0.4) is 0 Å². The Balaban J connectivity index is 1.73. The van der Waals surface area contributed by atoms with Gasteiger partial charge in [0.1, 0.15) is 12.5 Å². The van der Waals surface area contributed by atoms with Crippen molar-refractivity contribution >= 4 is 17.6 Å². The Hall–Kier alpha value is -3.18. The lowest BCUT2D eigenvalue weighted by atomic mass is 10.2. The van der Waals surface area contributed by atoms with Gasteiger partial charge in [-0.05, 0) is 12.1 Å². The van der Waals surface area contributed by atoms with Crippen LogP contribution in [-0.2, 0) is 14.3 Å². The van der Waals surface area contributed by atoms with Crippen molar-refractivity contribution in [2.24, 2.45) is 4.99 Å². The van der Waals surface area contributed by atoms with E-state index >= 15 is 0 Å². The smallest absolute Gasteiger partial charge is 0.355 e. The minimum Gasteiger partial charge on any atom is -0.464 e. The van der Waals surface area contributed by atoms with Gasteiger partial charge in [-0.3, -0.25) is 14.7 Å². The van der Waals surface area contributed by atoms with Gasteiger partial charge in [0.05, 0.1) is 7.11 Å². The molecule has 3 heterocycles. The predicted molar refractivity (Wildman–Crippen MR) is 88.7 cm³/mol. The molecule has 2 unspecified atom stereocenters. The molecule has 1 amide bonds. The fraction of sp³-hybridized carbons (Fsp3) is 0.333. The van der Waals surface area contributed by atoms with Gasteiger partial charge in [-0.25, -0.2) is 14.8 Å². The van der Waals surface area contributed by atoms with Gasteiger partial charge in [0.25, 0.3) is 5.91 Å². The third kappa shape index (κ3) is 3.73. The molecule has 0 spiro atoms. The lowest BCUT2D eigenvalue weighted by Crippen LogP contribution is -2.58. The second-order valence-electron chi connectivity index (χ2n) is 5.26. The number of carbonyl (C=O) groups excluding carboxylic acids is 2. The standard InChI is InChI=1S/C15H17N7O4/c1-25-11-7-17-13(12(18-11)15(24)26-2)19-14(23)9-3-4-10(21-20-9)22-6-5-16-8-22/h3-6,8,11,13,17H,7H2,1-2H3,(H,19,23). The molecule has 1 aliphatic heterocycles. The number of imidazole rings is 1. The topological polar surface area (TPSA) is 133 Å². The molecule has 2 aromatic heterocycles. The Kier molecular flexibility index (Phi) is 5.29. The number of rotatable bonds is 5. The van der Waals surface area contributed by atoms with Gasteiger partial charge in [-0.1, -0.05) is 0 Å². The maximum atomic E-state index is 12.4. The summed E-state index contributed by atoms with van der Waals surface area (Å²) in [5, 5.41) is 13.5. The highest BCUT2D eigenvalue weighted by molar-refractivity contribution is 6.39. The third-order valence-corrected chi connectivity index (χ3v) is 3.65. The van der Waals surface area contributed by atoms with Crippen molar-refractivity contribution in [3.63, 3.8) is 0 Å². The maximum absolute atomic E-state index is 12.4. The van der Waals surface area contributed by atoms with Gasteiger partial charge in [-0.15, -0.1) is 10.2 Å². The molecule has 11 nitrogen and oxygen atoms in total. The van der Waals surface area contributed by atoms with Gasteiger partial charge < -0.3 is 14.8 Å². The van der Waals surface area contributed by atoms with Gasteiger partial charge in [-0.2, -0.15) is 0 Å². The molecule has 3 rings (SSSR count). The van der Waals surface area contributed by atoms with Crippen LogP contribution in [0.25, 0.3) is 5.82 Å². The zero-order valence-corrected chi connectivity index (χ0v) is 14.1. The highest BCUT2D eigenvalue weighted by atomic mass is 16.5. The first-order chi connectivity index (χ1) is 12.6. The zero-order chi connectivity index (χ0) is 18.5. The summed E-state index contributed by atoms with van der Waals surface area (Å²) in [7, 11) is 2.71. The van der Waals surface area contributed by atoms with E-state index in [9.17, 15) is 9.59 Å². The number of nitrogens with zero attached hydrogens (tertiary/aromatic N) is 5. The van der Waals surface area contributed by atoms with E-state index in [0.717, 1.165) is 0 Å². The molecule has 1 aliphatic rings. The molecule has 0 radical (unpaired) electrons. The quantitative estimate of drug-likeness (QED) is 0.644. The molecule has 2 N–H and O–H groups in total. The van der Waals surface area contributed by atoms with Crippen LogP contribution in [0.4, 0.5) is 0 Å². The van der Waals surface area contributed by atoms with Gasteiger partial charge >= 0.3 is 5.97 Å². The van der Waals surface area contributed by atoms with E-state index in [2.05, 4.69) is 30.8 Å². The molecule has 2 aromatic rings. The van der Waals surface area contributed by atoms with Crippen LogP contribution in [0.5, 0.6) is 0 Å². The number of ether oxygens (including phenoxy) is 2. The molecular formula is C15H17N7O4. The second kappa shape index (κ2) is 7.80. The van der Waals surface area contributed by atoms with E-state index in [1.54, 1.807) is 29.4 Å². The normalized spacial score (nSPS) is 19.5. The van der Waals surface area contributed by atoms with Gasteiger partial charge in [0.15, 0.2) is 23.5 Å². The highest BCUT2D eigenvalue weighted by Gasteiger charge is 2.31. The molecule has 0 saturated carbocycles. The van der Waals surface area contributed by atoms with Crippen molar-refractivity contribution in [3.8, 4) is 5.82 Å². The number of esters is 1. The fourth-order valence-electron chi connectivity index (χ4n) is 2.30. The van der Waals surface area contributed by atoms with E-state index in [-0.39, 0.29) is 11.4 Å². The average molecular weight is 359 g/mol. The molecule has 2 atom stereocenters. The molecular weight excluding hydrogens is 342 g/mol. The number of hydrogen-bond acceptors (Lipinski definition) is 9. The highest BCUT2D eigenvalue weighted by Crippen LogP contribution is 2.06. The van der Waals surface area contributed by atoms with Crippen molar-refractivity contribution in [1.29, 1.82) is 0 Å². The first kappa shape index (κ1) is 17.6. The summed E-state index contributed by atoms with van der Waals surface area (Å²) in [5.74, 6) is -0.652. The zero-order valence-electron chi connectivity index (χ0n) is 14.1. The molecule has 136 valence electrons. The summed E-state index contributed by atoms with van der Waals surface area (Å²) in [6.07, 6.45) is 3.53. The van der Waals surface area contributed by atoms with Crippen molar-refractivity contribution in [1.82, 2.24) is 30.4 Å². The van der Waals surface area contributed by atoms with E-state index in [4.69, 9.17) is 9.47 Å². The van der Waals surface area contributed by atoms with Gasteiger partial charge in [0.2, 0.25) is 0 Å². The molecule has 0 saturated heterocycles. The average Bonchev–Trinajstić information content (AvgIpc) is 3.22. The minimum absolute atomic E-state index is 0.0157. The number of methoxy groups -OCH3 is 2. The van der Waals surface area contributed by atoms with E-state index < -0.39 is 24.3 Å². The third-order valence-electron chi connectivity index (χ3n) is 3.65. The van der Waals surface area contributed by atoms with E-state index in [1.807, 2.05) is 0 Å². The Labute approximate surface area is 148 Å². The summed E-state index contributed by atoms with van der Waals surface area (Å²) in [4.78, 5) is 32.4. The van der Waals surface area contributed by atoms with Crippen LogP contribution in [0.15, 0.2) is 35.8 Å². The van der Waals surface area contributed by atoms with Crippen LogP contribution in [0.1, 0.15) is 10.5 Å². The minimum atomic E-state index is -0.823. The number of nitrogens with one attached hydrogen (secondary N) is 2. The van der Waals surface area contributed by atoms with Crippen molar-refractivity contribution in [2.45, 2.75) is 12.4 Å². The molecule has 0 aromatic carbocycles. The molecule has 11 heteroatoms. The van der Waals surface area contributed by atoms with E-state index in [0.29, 0.717) is 12.4 Å². The number of amides is 1. The molecule has 0 bridgehead atoms. The Bertz CT molecular complexity index is 804. The van der Waals surface area contributed by atoms with Crippen molar-refractivity contribution < 1.29 is 19.1 Å². The largest absolute Gasteiger partial charge is 0.464 e. The Morgan fingerprint density at radius 3 is 2.77 bits per heavy atom. The Morgan fingerprint density at radius 2 is 2.15 bits per heavy atom. The summed E-state index contributed by atoms with van der Waals surface area (Å²) in [6, 6.07) is 3.15. The Morgan fingerprint density at radius 1 is 1.31 bits per heavy atom. The molecule has 0 fully saturated rings. The van der Waals surface area contributed by atoms with Crippen LogP contribution < -0.4 is 10.6 Å². The SMILES string of the molecule is COC(=O)C1=NC(OC)CNC1NC(=O)c1ccc(-n2ccnc2)nn1. The summed E-state index contributed by atoms with van der Waals surface area (Å²) < 4.78 is 11.5. The predicted octanol–water partition coefficient (Wildman–Crippen LogP) is -1.09. The fourth-order valence-corrected chi connectivity index (χ4v) is 2.30. The van der Waals surface area contributed by atoms with E-state index in [1.165, 1.54) is 20.3 Å². The lowest BCUT2D eigenvalue weighted by Gasteiger charge is -2.27. The summed E-state index contributed by atoms with van der Waals surface area (Å²) in [5.41, 5.74) is 0.107. The first-order valence-corrected chi connectivity index (χ1v) is 7.67. The van der Waals surface area contributed by atoms with Crippen molar-refractivity contribution in [3.05, 3.63) is 36.5 Å². The second-order valence-corrected chi connectivity index (χ2v) is 5.26. The van der Waals surface area contributed by atoms with Gasteiger partial charge in [0, 0.05) is 26.0 Å². The summed E-state index contributed by atoms with van der Waals surface area (Å²) >= 11 is 0. The molecule has 26 heavy (non-hydrogen) atoms. The number of aliphatic imine (C=N–C) groups is 1. The van der Waals surface area contributed by atoms with Crippen molar-refractivity contribution in [2.75, 3.05) is 20.8 Å². The lowest BCUT2D eigenvalue weighted by molar-refractivity contribution is -0.133. The number of carbonyl (C=O) groups is 2. The maximum Gasteiger partial charge on any atom is 0.355 e.